The number of nitrogens with one attached hydrogen (secondary N) is 1. The second kappa shape index (κ2) is 5.68. The van der Waals surface area contributed by atoms with Gasteiger partial charge in [-0.1, -0.05) is 23.7 Å². The molecule has 0 aromatic heterocycles. The molecule has 0 bridgehead atoms. The number of hydrogen-bond donors (Lipinski definition) is 1. The number of rotatable bonds is 4. The number of anilines is 1. The van der Waals surface area contributed by atoms with Crippen LogP contribution in [-0.4, -0.2) is 15.5 Å². The second-order valence-electron chi connectivity index (χ2n) is 3.88. The van der Waals surface area contributed by atoms with Crippen LogP contribution in [0.3, 0.4) is 0 Å². The molecule has 0 aliphatic carbocycles. The Balaban J connectivity index is 2.39. The first-order chi connectivity index (χ1) is 9.44. The van der Waals surface area contributed by atoms with Crippen LogP contribution in [0.25, 0.3) is 0 Å². The van der Waals surface area contributed by atoms with Crippen LogP contribution in [0.2, 0.25) is 5.02 Å². The highest BCUT2D eigenvalue weighted by Crippen LogP contribution is 2.28. The van der Waals surface area contributed by atoms with E-state index in [4.69, 9.17) is 16.3 Å². The normalized spacial score (nSPS) is 11.2. The van der Waals surface area contributed by atoms with Gasteiger partial charge in [0.25, 0.3) is 10.0 Å². The Morgan fingerprint density at radius 1 is 1.20 bits per heavy atom. The van der Waals surface area contributed by atoms with Gasteiger partial charge >= 0.3 is 0 Å². The van der Waals surface area contributed by atoms with E-state index in [1.165, 1.54) is 43.5 Å². The summed E-state index contributed by atoms with van der Waals surface area (Å²) in [6.07, 6.45) is 0. The van der Waals surface area contributed by atoms with Crippen LogP contribution in [0, 0.1) is 5.82 Å². The third-order valence-corrected chi connectivity index (χ3v) is 4.40. The summed E-state index contributed by atoms with van der Waals surface area (Å²) in [5.74, 6) is -0.236. The molecule has 7 heteroatoms. The molecule has 0 heterocycles. The largest absolute Gasteiger partial charge is 0.497 e. The first-order valence-electron chi connectivity index (χ1n) is 5.55. The summed E-state index contributed by atoms with van der Waals surface area (Å²) in [7, 11) is -2.53. The molecule has 0 saturated carbocycles. The molecule has 2 aromatic carbocycles. The molecule has 106 valence electrons. The second-order valence-corrected chi connectivity index (χ2v) is 5.94. The van der Waals surface area contributed by atoms with Crippen molar-refractivity contribution in [2.75, 3.05) is 11.8 Å². The molecular formula is C13H11ClFNO3S. The average molecular weight is 316 g/mol. The topological polar surface area (TPSA) is 55.4 Å². The van der Waals surface area contributed by atoms with Crippen LogP contribution >= 0.6 is 11.6 Å². The van der Waals surface area contributed by atoms with Crippen LogP contribution in [0.5, 0.6) is 5.75 Å². The molecule has 20 heavy (non-hydrogen) atoms. The van der Waals surface area contributed by atoms with E-state index in [0.717, 1.165) is 6.07 Å². The number of methoxy groups -OCH3 is 1. The van der Waals surface area contributed by atoms with Crippen molar-refractivity contribution in [3.8, 4) is 5.75 Å². The molecule has 0 aliphatic rings. The summed E-state index contributed by atoms with van der Waals surface area (Å²) in [4.78, 5) is -0.150. The van der Waals surface area contributed by atoms with Crippen LogP contribution in [0.1, 0.15) is 0 Å². The predicted molar refractivity (Wildman–Crippen MR) is 75.2 cm³/mol. The maximum Gasteiger partial charge on any atom is 0.263 e. The van der Waals surface area contributed by atoms with Crippen LogP contribution in [0.15, 0.2) is 47.4 Å². The molecule has 0 aliphatic heterocycles. The first kappa shape index (κ1) is 14.6. The van der Waals surface area contributed by atoms with E-state index in [1.807, 2.05) is 0 Å². The first-order valence-corrected chi connectivity index (χ1v) is 7.41. The van der Waals surface area contributed by atoms with Crippen LogP contribution in [0.4, 0.5) is 10.1 Å². The molecule has 0 atom stereocenters. The van der Waals surface area contributed by atoms with Gasteiger partial charge < -0.3 is 4.74 Å². The number of benzene rings is 2. The highest BCUT2D eigenvalue weighted by molar-refractivity contribution is 7.92. The summed E-state index contributed by atoms with van der Waals surface area (Å²) < 4.78 is 44.9. The van der Waals surface area contributed by atoms with E-state index in [-0.39, 0.29) is 15.6 Å². The number of sulfonamides is 1. The van der Waals surface area contributed by atoms with Gasteiger partial charge in [-0.2, -0.15) is 0 Å². The Bertz CT molecular complexity index is 734. The maximum absolute atomic E-state index is 13.5. The van der Waals surface area contributed by atoms with Crippen molar-refractivity contribution >= 4 is 27.3 Å². The van der Waals surface area contributed by atoms with Gasteiger partial charge in [0.2, 0.25) is 0 Å². The molecule has 0 fully saturated rings. The maximum atomic E-state index is 13.5. The van der Waals surface area contributed by atoms with Crippen molar-refractivity contribution in [3.05, 3.63) is 53.3 Å². The minimum atomic E-state index is -3.97. The molecule has 0 unspecified atom stereocenters. The highest BCUT2D eigenvalue weighted by Gasteiger charge is 2.19. The van der Waals surface area contributed by atoms with E-state index < -0.39 is 15.8 Å². The zero-order valence-corrected chi connectivity index (χ0v) is 12.0. The summed E-state index contributed by atoms with van der Waals surface area (Å²) in [5.41, 5.74) is -0.139. The Morgan fingerprint density at radius 2 is 1.90 bits per heavy atom. The summed E-state index contributed by atoms with van der Waals surface area (Å²) >= 11 is 5.91. The molecule has 0 radical (unpaired) electrons. The van der Waals surface area contributed by atoms with E-state index in [0.29, 0.717) is 5.75 Å². The van der Waals surface area contributed by atoms with Gasteiger partial charge in [0.05, 0.1) is 17.8 Å². The third kappa shape index (κ3) is 3.02. The Hall–Kier alpha value is -1.79. The molecule has 0 saturated heterocycles. The molecule has 0 amide bonds. The van der Waals surface area contributed by atoms with Crippen molar-refractivity contribution in [3.63, 3.8) is 0 Å². The third-order valence-electron chi connectivity index (χ3n) is 2.55. The Kier molecular flexibility index (Phi) is 4.15. The quantitative estimate of drug-likeness (QED) is 0.942. The smallest absolute Gasteiger partial charge is 0.263 e. The fourth-order valence-electron chi connectivity index (χ4n) is 1.57. The van der Waals surface area contributed by atoms with Gasteiger partial charge in [-0.05, 0) is 24.3 Å². The van der Waals surface area contributed by atoms with Crippen LogP contribution in [-0.2, 0) is 10.0 Å². The van der Waals surface area contributed by atoms with Gasteiger partial charge in [-0.15, -0.1) is 0 Å². The van der Waals surface area contributed by atoms with Gasteiger partial charge in [0.15, 0.2) is 0 Å². The SMILES string of the molecule is COc1ccc(S(=O)(=O)Nc2ccccc2F)c(Cl)c1. The van der Waals surface area contributed by atoms with Crippen molar-refractivity contribution < 1.29 is 17.5 Å². The van der Waals surface area contributed by atoms with E-state index in [9.17, 15) is 12.8 Å². The fraction of sp³-hybridized carbons (Fsp3) is 0.0769. The minimum Gasteiger partial charge on any atom is -0.497 e. The van der Waals surface area contributed by atoms with Gasteiger partial charge in [0, 0.05) is 6.07 Å². The summed E-state index contributed by atoms with van der Waals surface area (Å²) in [5, 5.41) is -0.00631. The zero-order chi connectivity index (χ0) is 14.8. The lowest BCUT2D eigenvalue weighted by molar-refractivity contribution is 0.414. The zero-order valence-electron chi connectivity index (χ0n) is 10.4. The van der Waals surface area contributed by atoms with E-state index >= 15 is 0 Å². The van der Waals surface area contributed by atoms with Crippen molar-refractivity contribution in [2.45, 2.75) is 4.90 Å². The molecule has 0 spiro atoms. The van der Waals surface area contributed by atoms with Crippen molar-refractivity contribution in [2.24, 2.45) is 0 Å². The van der Waals surface area contributed by atoms with Gasteiger partial charge in [-0.25, -0.2) is 12.8 Å². The fourth-order valence-corrected chi connectivity index (χ4v) is 3.17. The van der Waals surface area contributed by atoms with Crippen molar-refractivity contribution in [1.82, 2.24) is 0 Å². The standard InChI is InChI=1S/C13H11ClFNO3S/c1-19-9-6-7-13(10(14)8-9)20(17,18)16-12-5-3-2-4-11(12)15/h2-8,16H,1H3. The van der Waals surface area contributed by atoms with Crippen LogP contribution < -0.4 is 9.46 Å². The summed E-state index contributed by atoms with van der Waals surface area (Å²) in [6.45, 7) is 0. The lowest BCUT2D eigenvalue weighted by Crippen LogP contribution is -2.14. The minimum absolute atomic E-state index is 0.00631. The Morgan fingerprint density at radius 3 is 2.50 bits per heavy atom. The van der Waals surface area contributed by atoms with Gasteiger partial charge in [0.1, 0.15) is 16.5 Å². The Labute approximate surface area is 121 Å². The van der Waals surface area contributed by atoms with Crippen molar-refractivity contribution in [1.29, 1.82) is 0 Å². The molecular weight excluding hydrogens is 305 g/mol. The molecule has 2 rings (SSSR count). The molecule has 1 N–H and O–H groups in total. The molecule has 2 aromatic rings. The number of para-hydroxylation sites is 1. The summed E-state index contributed by atoms with van der Waals surface area (Å²) in [6, 6.07) is 9.60. The average Bonchev–Trinajstić information content (AvgIpc) is 2.40. The number of halogens is 2. The van der Waals surface area contributed by atoms with E-state index in [2.05, 4.69) is 4.72 Å². The lowest BCUT2D eigenvalue weighted by Gasteiger charge is -2.11. The van der Waals surface area contributed by atoms with E-state index in [1.54, 1.807) is 0 Å². The van der Waals surface area contributed by atoms with Gasteiger partial charge in [-0.3, -0.25) is 4.72 Å². The highest BCUT2D eigenvalue weighted by atomic mass is 35.5. The number of hydrogen-bond acceptors (Lipinski definition) is 3. The predicted octanol–water partition coefficient (Wildman–Crippen LogP) is 3.29. The monoisotopic (exact) mass is 315 g/mol. The number of ether oxygens (including phenoxy) is 1. The lowest BCUT2D eigenvalue weighted by atomic mass is 10.3. The molecule has 4 nitrogen and oxygen atoms in total.